The van der Waals surface area contributed by atoms with Crippen LogP contribution in [0.4, 0.5) is 0 Å². The molecule has 0 amide bonds. The fraction of sp³-hybridized carbons (Fsp3) is 0.692. The molecule has 0 saturated carbocycles. The van der Waals surface area contributed by atoms with Crippen LogP contribution in [0.15, 0.2) is 4.99 Å². The first kappa shape index (κ1) is 17.9. The Morgan fingerprint density at radius 1 is 1.33 bits per heavy atom. The molecular formula is C13H24N4O2S2. The standard InChI is InChI=1S/C13H24N4O2S2/c1-9-11(20-10(2)17-9)7-15-12(14-5)16-8-13(3,4)21(6,18)19/h7-8H2,1-6H3,(H2,14,15,16). The molecule has 120 valence electrons. The van der Waals surface area contributed by atoms with E-state index >= 15 is 0 Å². The van der Waals surface area contributed by atoms with Gasteiger partial charge in [0.25, 0.3) is 0 Å². The third-order valence-electron chi connectivity index (χ3n) is 3.32. The van der Waals surface area contributed by atoms with Crippen molar-refractivity contribution in [3.63, 3.8) is 0 Å². The Morgan fingerprint density at radius 3 is 2.38 bits per heavy atom. The lowest BCUT2D eigenvalue weighted by Gasteiger charge is -2.24. The van der Waals surface area contributed by atoms with Crippen LogP contribution >= 0.6 is 11.3 Å². The van der Waals surface area contributed by atoms with Crippen LogP contribution in [0.5, 0.6) is 0 Å². The normalized spacial score (nSPS) is 13.3. The molecule has 8 heteroatoms. The lowest BCUT2D eigenvalue weighted by Crippen LogP contribution is -2.47. The highest BCUT2D eigenvalue weighted by Crippen LogP contribution is 2.16. The highest BCUT2D eigenvalue weighted by atomic mass is 32.2. The van der Waals surface area contributed by atoms with E-state index in [1.54, 1.807) is 32.2 Å². The summed E-state index contributed by atoms with van der Waals surface area (Å²) in [5, 5.41) is 7.27. The van der Waals surface area contributed by atoms with Crippen molar-refractivity contribution in [3.05, 3.63) is 15.6 Å². The highest BCUT2D eigenvalue weighted by molar-refractivity contribution is 7.92. The van der Waals surface area contributed by atoms with Crippen molar-refractivity contribution in [2.45, 2.75) is 39.0 Å². The van der Waals surface area contributed by atoms with Crippen LogP contribution in [0.2, 0.25) is 0 Å². The quantitative estimate of drug-likeness (QED) is 0.626. The van der Waals surface area contributed by atoms with E-state index in [-0.39, 0.29) is 0 Å². The lowest BCUT2D eigenvalue weighted by molar-refractivity contribution is 0.544. The Balaban J connectivity index is 2.60. The Kier molecular flexibility index (Phi) is 5.75. The molecule has 1 aromatic rings. The second-order valence-electron chi connectivity index (χ2n) is 5.55. The third-order valence-corrected chi connectivity index (χ3v) is 6.55. The van der Waals surface area contributed by atoms with E-state index < -0.39 is 14.6 Å². The summed E-state index contributed by atoms with van der Waals surface area (Å²) in [5.41, 5.74) is 1.01. The van der Waals surface area contributed by atoms with Crippen LogP contribution in [-0.2, 0) is 16.4 Å². The van der Waals surface area contributed by atoms with Crippen LogP contribution in [-0.4, -0.2) is 44.0 Å². The number of sulfone groups is 1. The maximum Gasteiger partial charge on any atom is 0.191 e. The van der Waals surface area contributed by atoms with Gasteiger partial charge in [-0.2, -0.15) is 0 Å². The van der Waals surface area contributed by atoms with Crippen molar-refractivity contribution >= 4 is 27.1 Å². The number of aliphatic imine (C=N–C) groups is 1. The summed E-state index contributed by atoms with van der Waals surface area (Å²) in [5.74, 6) is 0.581. The van der Waals surface area contributed by atoms with Gasteiger partial charge in [0, 0.05) is 24.7 Å². The van der Waals surface area contributed by atoms with E-state index in [0.717, 1.165) is 15.6 Å². The van der Waals surface area contributed by atoms with Gasteiger partial charge in [-0.1, -0.05) is 0 Å². The lowest BCUT2D eigenvalue weighted by atomic mass is 10.2. The van der Waals surface area contributed by atoms with Crippen molar-refractivity contribution < 1.29 is 8.42 Å². The molecule has 0 bridgehead atoms. The number of nitrogens with one attached hydrogen (secondary N) is 2. The molecule has 6 nitrogen and oxygen atoms in total. The number of aryl methyl sites for hydroxylation is 2. The zero-order chi connectivity index (χ0) is 16.3. The number of nitrogens with zero attached hydrogens (tertiary/aromatic N) is 2. The molecule has 0 spiro atoms. The number of thiazole rings is 1. The summed E-state index contributed by atoms with van der Waals surface area (Å²) in [6.45, 7) is 8.26. The van der Waals surface area contributed by atoms with Gasteiger partial charge in [0.2, 0.25) is 0 Å². The molecular weight excluding hydrogens is 308 g/mol. The Labute approximate surface area is 131 Å². The average Bonchev–Trinajstić information content (AvgIpc) is 2.66. The molecule has 1 aromatic heterocycles. The van der Waals surface area contributed by atoms with E-state index in [1.807, 2.05) is 13.8 Å². The van der Waals surface area contributed by atoms with Crippen LogP contribution in [0.3, 0.4) is 0 Å². The topological polar surface area (TPSA) is 83.4 Å². The molecule has 2 N–H and O–H groups in total. The fourth-order valence-electron chi connectivity index (χ4n) is 1.55. The number of aromatic nitrogens is 1. The molecule has 1 heterocycles. The summed E-state index contributed by atoms with van der Waals surface area (Å²) in [7, 11) is -1.47. The second-order valence-corrected chi connectivity index (χ2v) is 9.49. The van der Waals surface area contributed by atoms with Crippen LogP contribution in [0, 0.1) is 13.8 Å². The minimum absolute atomic E-state index is 0.298. The molecule has 0 aromatic carbocycles. The maximum atomic E-state index is 11.7. The van der Waals surface area contributed by atoms with Gasteiger partial charge in [0.05, 0.1) is 22.0 Å². The van der Waals surface area contributed by atoms with Crippen molar-refractivity contribution in [1.29, 1.82) is 0 Å². The van der Waals surface area contributed by atoms with Gasteiger partial charge < -0.3 is 10.6 Å². The highest BCUT2D eigenvalue weighted by Gasteiger charge is 2.30. The predicted octanol–water partition coefficient (Wildman–Crippen LogP) is 1.25. The summed E-state index contributed by atoms with van der Waals surface area (Å²) < 4.78 is 22.5. The Morgan fingerprint density at radius 2 is 1.95 bits per heavy atom. The molecule has 0 saturated heterocycles. The molecule has 21 heavy (non-hydrogen) atoms. The molecule has 0 aliphatic heterocycles. The molecule has 1 rings (SSSR count). The largest absolute Gasteiger partial charge is 0.355 e. The zero-order valence-corrected chi connectivity index (χ0v) is 15.1. The van der Waals surface area contributed by atoms with Gasteiger partial charge >= 0.3 is 0 Å². The first-order chi connectivity index (χ1) is 9.56. The number of guanidine groups is 1. The molecule has 0 aliphatic carbocycles. The van der Waals surface area contributed by atoms with Gasteiger partial charge in [-0.15, -0.1) is 11.3 Å². The van der Waals surface area contributed by atoms with Crippen molar-refractivity contribution in [2.24, 2.45) is 4.99 Å². The van der Waals surface area contributed by atoms with Crippen molar-refractivity contribution in [1.82, 2.24) is 15.6 Å². The molecule has 0 atom stereocenters. The Hall–Kier alpha value is -1.15. The van der Waals surface area contributed by atoms with Crippen LogP contribution in [0.25, 0.3) is 0 Å². The predicted molar refractivity (Wildman–Crippen MR) is 88.7 cm³/mol. The molecule has 0 aliphatic rings. The zero-order valence-electron chi connectivity index (χ0n) is 13.4. The molecule has 0 unspecified atom stereocenters. The van der Waals surface area contributed by atoms with E-state index in [9.17, 15) is 8.42 Å². The van der Waals surface area contributed by atoms with E-state index in [1.165, 1.54) is 6.26 Å². The van der Waals surface area contributed by atoms with Gasteiger partial charge in [-0.3, -0.25) is 4.99 Å². The van der Waals surface area contributed by atoms with E-state index in [4.69, 9.17) is 0 Å². The monoisotopic (exact) mass is 332 g/mol. The number of hydrogen-bond acceptors (Lipinski definition) is 5. The summed E-state index contributed by atoms with van der Waals surface area (Å²) in [4.78, 5) is 9.63. The first-order valence-corrected chi connectivity index (χ1v) is 9.34. The molecule has 0 fully saturated rings. The summed E-state index contributed by atoms with van der Waals surface area (Å²) in [6.07, 6.45) is 1.24. The van der Waals surface area contributed by atoms with E-state index in [2.05, 4.69) is 20.6 Å². The van der Waals surface area contributed by atoms with Gasteiger partial charge in [0.15, 0.2) is 15.8 Å². The smallest absolute Gasteiger partial charge is 0.191 e. The SMILES string of the molecule is CN=C(NCc1sc(C)nc1C)NCC(C)(C)S(C)(=O)=O. The van der Waals surface area contributed by atoms with Crippen LogP contribution in [0.1, 0.15) is 29.4 Å². The van der Waals surface area contributed by atoms with Crippen molar-refractivity contribution in [3.8, 4) is 0 Å². The van der Waals surface area contributed by atoms with Gasteiger partial charge in [0.1, 0.15) is 0 Å². The van der Waals surface area contributed by atoms with Crippen LogP contribution < -0.4 is 10.6 Å². The van der Waals surface area contributed by atoms with E-state index in [0.29, 0.717) is 19.0 Å². The number of hydrogen-bond donors (Lipinski definition) is 2. The number of rotatable bonds is 5. The molecule has 0 radical (unpaired) electrons. The maximum absolute atomic E-state index is 11.7. The fourth-order valence-corrected chi connectivity index (χ4v) is 2.76. The summed E-state index contributed by atoms with van der Waals surface area (Å²) in [6, 6.07) is 0. The third kappa shape index (κ3) is 4.96. The Bertz CT molecular complexity index is 618. The second kappa shape index (κ2) is 6.74. The summed E-state index contributed by atoms with van der Waals surface area (Å²) >= 11 is 1.64. The van der Waals surface area contributed by atoms with Crippen molar-refractivity contribution in [2.75, 3.05) is 19.8 Å². The minimum atomic E-state index is -3.13. The first-order valence-electron chi connectivity index (χ1n) is 6.64. The average molecular weight is 332 g/mol. The van der Waals surface area contributed by atoms with Gasteiger partial charge in [-0.25, -0.2) is 13.4 Å². The van der Waals surface area contributed by atoms with Gasteiger partial charge in [-0.05, 0) is 27.7 Å². The minimum Gasteiger partial charge on any atom is -0.355 e.